The minimum Gasteiger partial charge on any atom is -0.390 e. The van der Waals surface area contributed by atoms with E-state index in [1.807, 2.05) is 13.0 Å². The summed E-state index contributed by atoms with van der Waals surface area (Å²) in [5, 5.41) is 31.5. The Morgan fingerprint density at radius 1 is 1.42 bits per heavy atom. The van der Waals surface area contributed by atoms with Gasteiger partial charge in [0.2, 0.25) is 0 Å². The van der Waals surface area contributed by atoms with E-state index in [2.05, 4.69) is 0 Å². The monoisotopic (exact) mass is 268 g/mol. The average Bonchev–Trinajstić information content (AvgIpc) is 2.35. The highest BCUT2D eigenvalue weighted by Crippen LogP contribution is 2.57. The van der Waals surface area contributed by atoms with Crippen LogP contribution in [-0.4, -0.2) is 38.4 Å². The van der Waals surface area contributed by atoms with Crippen LogP contribution in [0.3, 0.4) is 0 Å². The summed E-state index contributed by atoms with van der Waals surface area (Å²) >= 11 is 0. The van der Waals surface area contributed by atoms with Crippen LogP contribution in [0.1, 0.15) is 47.0 Å². The number of hydrogen-bond acceptors (Lipinski definition) is 4. The predicted octanol–water partition coefficient (Wildman–Crippen LogP) is 1.18. The molecule has 2 aliphatic rings. The molecule has 2 aliphatic carbocycles. The Morgan fingerprint density at radius 2 is 2.00 bits per heavy atom. The molecular formula is C15H24O4. The zero-order valence-corrected chi connectivity index (χ0v) is 12.1. The van der Waals surface area contributed by atoms with Gasteiger partial charge in [-0.3, -0.25) is 4.79 Å². The van der Waals surface area contributed by atoms with E-state index in [9.17, 15) is 20.1 Å². The molecule has 0 spiro atoms. The standard InChI is InChI=1S/C15H24O4/c1-9-5-6-11-14(4,7-10(9)16)8-12(17)15(11,19)13(2,3)18/h5,11-12,17-19H,6-8H2,1-4H3/t11-,12+,14+,15-/m0/s1. The number of aliphatic hydroxyl groups excluding tert-OH is 1. The Kier molecular flexibility index (Phi) is 3.20. The van der Waals surface area contributed by atoms with Crippen molar-refractivity contribution in [3.05, 3.63) is 11.6 Å². The molecule has 0 aromatic heterocycles. The Morgan fingerprint density at radius 3 is 2.53 bits per heavy atom. The smallest absolute Gasteiger partial charge is 0.158 e. The fourth-order valence-electron chi connectivity index (χ4n) is 3.91. The van der Waals surface area contributed by atoms with Crippen molar-refractivity contribution in [1.29, 1.82) is 0 Å². The molecule has 4 atom stereocenters. The maximum Gasteiger partial charge on any atom is 0.158 e. The number of aliphatic hydroxyl groups is 3. The van der Waals surface area contributed by atoms with Gasteiger partial charge in [0.25, 0.3) is 0 Å². The highest BCUT2D eigenvalue weighted by molar-refractivity contribution is 5.95. The highest BCUT2D eigenvalue weighted by atomic mass is 16.4. The number of Topliss-reactive ketones (excluding diaryl/α,β-unsaturated/α-hetero) is 1. The first-order chi connectivity index (χ1) is 8.52. The molecule has 19 heavy (non-hydrogen) atoms. The maximum absolute atomic E-state index is 12.0. The quantitative estimate of drug-likeness (QED) is 0.667. The van der Waals surface area contributed by atoms with Crippen molar-refractivity contribution in [2.24, 2.45) is 11.3 Å². The van der Waals surface area contributed by atoms with Crippen LogP contribution < -0.4 is 0 Å². The van der Waals surface area contributed by atoms with Gasteiger partial charge < -0.3 is 15.3 Å². The normalized spacial score (nSPS) is 43.7. The first-order valence-corrected chi connectivity index (χ1v) is 6.85. The van der Waals surface area contributed by atoms with Crippen LogP contribution in [0, 0.1) is 11.3 Å². The second-order valence-corrected chi connectivity index (χ2v) is 7.03. The molecule has 0 saturated heterocycles. The van der Waals surface area contributed by atoms with Crippen molar-refractivity contribution in [2.75, 3.05) is 0 Å². The molecule has 108 valence electrons. The van der Waals surface area contributed by atoms with E-state index in [1.54, 1.807) is 6.92 Å². The van der Waals surface area contributed by atoms with Crippen LogP contribution in [0.2, 0.25) is 0 Å². The van der Waals surface area contributed by atoms with Gasteiger partial charge in [-0.15, -0.1) is 0 Å². The van der Waals surface area contributed by atoms with Gasteiger partial charge >= 0.3 is 0 Å². The van der Waals surface area contributed by atoms with E-state index < -0.39 is 22.7 Å². The second kappa shape index (κ2) is 4.14. The molecule has 2 rings (SSSR count). The minimum atomic E-state index is -1.58. The van der Waals surface area contributed by atoms with E-state index in [-0.39, 0.29) is 11.7 Å². The van der Waals surface area contributed by atoms with Crippen LogP contribution in [-0.2, 0) is 4.79 Å². The summed E-state index contributed by atoms with van der Waals surface area (Å²) in [6, 6.07) is 0. The van der Waals surface area contributed by atoms with Gasteiger partial charge in [-0.05, 0) is 44.6 Å². The third-order valence-corrected chi connectivity index (χ3v) is 5.18. The molecule has 0 radical (unpaired) electrons. The van der Waals surface area contributed by atoms with Crippen molar-refractivity contribution >= 4 is 5.78 Å². The molecule has 0 unspecified atom stereocenters. The molecule has 0 bridgehead atoms. The van der Waals surface area contributed by atoms with Crippen molar-refractivity contribution in [2.45, 2.75) is 64.3 Å². The third-order valence-electron chi connectivity index (χ3n) is 5.18. The lowest BCUT2D eigenvalue weighted by atomic mass is 9.67. The van der Waals surface area contributed by atoms with Crippen LogP contribution >= 0.6 is 0 Å². The van der Waals surface area contributed by atoms with Gasteiger partial charge in [0.15, 0.2) is 5.78 Å². The molecule has 0 aliphatic heterocycles. The fourth-order valence-corrected chi connectivity index (χ4v) is 3.91. The number of fused-ring (bicyclic) bond motifs is 1. The lowest BCUT2D eigenvalue weighted by molar-refractivity contribution is -0.199. The summed E-state index contributed by atoms with van der Waals surface area (Å²) in [7, 11) is 0. The maximum atomic E-state index is 12.0. The predicted molar refractivity (Wildman–Crippen MR) is 71.5 cm³/mol. The Hall–Kier alpha value is -0.710. The van der Waals surface area contributed by atoms with Gasteiger partial charge in [-0.1, -0.05) is 13.0 Å². The van der Waals surface area contributed by atoms with Crippen molar-refractivity contribution in [3.8, 4) is 0 Å². The van der Waals surface area contributed by atoms with E-state index in [1.165, 1.54) is 13.8 Å². The molecule has 0 heterocycles. The summed E-state index contributed by atoms with van der Waals surface area (Å²) in [4.78, 5) is 12.0. The van der Waals surface area contributed by atoms with Crippen molar-refractivity contribution in [3.63, 3.8) is 0 Å². The van der Waals surface area contributed by atoms with E-state index in [0.717, 1.165) is 0 Å². The third kappa shape index (κ3) is 1.97. The molecule has 0 aromatic rings. The van der Waals surface area contributed by atoms with Crippen LogP contribution in [0.25, 0.3) is 0 Å². The SMILES string of the molecule is CC1=CC[C@H]2[C@](C)(CC1=O)C[C@@H](O)[C@]2(O)C(C)(C)O. The van der Waals surface area contributed by atoms with Crippen LogP contribution in [0.15, 0.2) is 11.6 Å². The van der Waals surface area contributed by atoms with Gasteiger partial charge in [0.1, 0.15) is 5.60 Å². The Bertz CT molecular complexity index is 434. The van der Waals surface area contributed by atoms with Gasteiger partial charge in [0, 0.05) is 12.3 Å². The van der Waals surface area contributed by atoms with E-state index >= 15 is 0 Å². The largest absolute Gasteiger partial charge is 0.390 e. The van der Waals surface area contributed by atoms with Gasteiger partial charge in [-0.2, -0.15) is 0 Å². The first-order valence-electron chi connectivity index (χ1n) is 6.85. The second-order valence-electron chi connectivity index (χ2n) is 7.03. The summed E-state index contributed by atoms with van der Waals surface area (Å²) in [6.07, 6.45) is 1.97. The van der Waals surface area contributed by atoms with E-state index in [4.69, 9.17) is 0 Å². The molecule has 3 N–H and O–H groups in total. The number of carbonyl (C=O) groups excluding carboxylic acids is 1. The fraction of sp³-hybridized carbons (Fsp3) is 0.800. The average molecular weight is 268 g/mol. The number of rotatable bonds is 1. The number of ketones is 1. The zero-order chi connectivity index (χ0) is 14.6. The number of hydrogen-bond donors (Lipinski definition) is 3. The molecule has 4 nitrogen and oxygen atoms in total. The molecule has 1 saturated carbocycles. The lowest BCUT2D eigenvalue weighted by Gasteiger charge is -2.44. The Balaban J connectivity index is 2.49. The summed E-state index contributed by atoms with van der Waals surface area (Å²) in [5.74, 6) is -0.256. The number of carbonyl (C=O) groups is 1. The van der Waals surface area contributed by atoms with Gasteiger partial charge in [0.05, 0.1) is 11.7 Å². The summed E-state index contributed by atoms with van der Waals surface area (Å²) in [5.41, 5.74) is -2.75. The van der Waals surface area contributed by atoms with E-state index in [0.29, 0.717) is 24.8 Å². The van der Waals surface area contributed by atoms with Crippen LogP contribution in [0.5, 0.6) is 0 Å². The van der Waals surface area contributed by atoms with Crippen LogP contribution in [0.4, 0.5) is 0 Å². The van der Waals surface area contributed by atoms with Crippen molar-refractivity contribution in [1.82, 2.24) is 0 Å². The summed E-state index contributed by atoms with van der Waals surface area (Å²) < 4.78 is 0. The first kappa shape index (κ1) is 14.7. The van der Waals surface area contributed by atoms with Gasteiger partial charge in [-0.25, -0.2) is 0 Å². The lowest BCUT2D eigenvalue weighted by Crippen LogP contribution is -2.60. The topological polar surface area (TPSA) is 77.8 Å². The zero-order valence-electron chi connectivity index (χ0n) is 12.1. The minimum absolute atomic E-state index is 0.0668. The molecular weight excluding hydrogens is 244 g/mol. The molecule has 4 heteroatoms. The molecule has 0 amide bonds. The summed E-state index contributed by atoms with van der Waals surface area (Å²) in [6.45, 7) is 6.75. The Labute approximate surface area is 114 Å². The molecule has 1 fully saturated rings. The van der Waals surface area contributed by atoms with Crippen molar-refractivity contribution < 1.29 is 20.1 Å². The highest BCUT2D eigenvalue weighted by Gasteiger charge is 2.65. The number of allylic oxidation sites excluding steroid dienone is 2. The molecule has 0 aromatic carbocycles.